The second-order valence-corrected chi connectivity index (χ2v) is 7.58. The van der Waals surface area contributed by atoms with Gasteiger partial charge in [-0.25, -0.2) is 4.98 Å². The van der Waals surface area contributed by atoms with Crippen LogP contribution in [0.4, 0.5) is 11.5 Å². The van der Waals surface area contributed by atoms with Crippen molar-refractivity contribution in [3.63, 3.8) is 0 Å². The van der Waals surface area contributed by atoms with Crippen LogP contribution in [0.2, 0.25) is 0 Å². The summed E-state index contributed by atoms with van der Waals surface area (Å²) in [6, 6.07) is 11.0. The molecule has 0 radical (unpaired) electrons. The third-order valence-corrected chi connectivity index (χ3v) is 5.34. The SMILES string of the molecule is CN(C(=O)C1CC1)c1ccccc1C(=O)Nc1ccc(CN2CCOCC2)cn1. The third-order valence-electron chi connectivity index (χ3n) is 5.34. The number of amides is 2. The molecule has 1 saturated carbocycles. The van der Waals surface area contributed by atoms with Crippen molar-refractivity contribution in [1.29, 1.82) is 0 Å². The first-order valence-electron chi connectivity index (χ1n) is 10.0. The Labute approximate surface area is 170 Å². The van der Waals surface area contributed by atoms with E-state index in [9.17, 15) is 9.59 Å². The molecule has 7 nitrogen and oxygen atoms in total. The number of ether oxygens (including phenoxy) is 1. The molecule has 0 spiro atoms. The van der Waals surface area contributed by atoms with Gasteiger partial charge in [0, 0.05) is 38.8 Å². The van der Waals surface area contributed by atoms with Crippen LogP contribution in [-0.4, -0.2) is 55.0 Å². The Balaban J connectivity index is 1.42. The van der Waals surface area contributed by atoms with Crippen molar-refractivity contribution >= 4 is 23.3 Å². The van der Waals surface area contributed by atoms with Crippen LogP contribution in [0, 0.1) is 5.92 Å². The van der Waals surface area contributed by atoms with Crippen LogP contribution < -0.4 is 10.2 Å². The fourth-order valence-electron chi connectivity index (χ4n) is 3.47. The van der Waals surface area contributed by atoms with Crippen LogP contribution in [0.5, 0.6) is 0 Å². The normalized spacial score (nSPS) is 17.0. The molecule has 2 aliphatic rings. The van der Waals surface area contributed by atoms with Crippen molar-refractivity contribution in [1.82, 2.24) is 9.88 Å². The van der Waals surface area contributed by atoms with E-state index < -0.39 is 0 Å². The van der Waals surface area contributed by atoms with E-state index in [1.54, 1.807) is 36.3 Å². The summed E-state index contributed by atoms with van der Waals surface area (Å²) in [5.41, 5.74) is 2.18. The fraction of sp³-hybridized carbons (Fsp3) is 0.409. The summed E-state index contributed by atoms with van der Waals surface area (Å²) in [4.78, 5) is 33.5. The van der Waals surface area contributed by atoms with E-state index in [1.165, 1.54) is 0 Å². The molecule has 0 bridgehead atoms. The predicted octanol–water partition coefficient (Wildman–Crippen LogP) is 2.54. The molecule has 1 N–H and O–H groups in total. The molecule has 152 valence electrons. The zero-order valence-corrected chi connectivity index (χ0v) is 16.6. The summed E-state index contributed by atoms with van der Waals surface area (Å²) < 4.78 is 5.37. The van der Waals surface area contributed by atoms with Crippen molar-refractivity contribution < 1.29 is 14.3 Å². The highest BCUT2D eigenvalue weighted by Crippen LogP contribution is 2.33. The summed E-state index contributed by atoms with van der Waals surface area (Å²) in [6.07, 6.45) is 3.65. The molecule has 2 fully saturated rings. The number of carbonyl (C=O) groups is 2. The van der Waals surface area contributed by atoms with Gasteiger partial charge < -0.3 is 15.0 Å². The van der Waals surface area contributed by atoms with Crippen LogP contribution >= 0.6 is 0 Å². The molecule has 0 atom stereocenters. The van der Waals surface area contributed by atoms with Gasteiger partial charge in [-0.1, -0.05) is 18.2 Å². The smallest absolute Gasteiger partial charge is 0.258 e. The largest absolute Gasteiger partial charge is 0.379 e. The van der Waals surface area contributed by atoms with Gasteiger partial charge in [-0.05, 0) is 36.6 Å². The van der Waals surface area contributed by atoms with Gasteiger partial charge in [0.2, 0.25) is 5.91 Å². The molecule has 2 heterocycles. The maximum absolute atomic E-state index is 12.8. The van der Waals surface area contributed by atoms with E-state index in [0.29, 0.717) is 17.1 Å². The minimum atomic E-state index is -0.274. The minimum absolute atomic E-state index is 0.0656. The maximum atomic E-state index is 12.8. The molecule has 29 heavy (non-hydrogen) atoms. The first-order valence-corrected chi connectivity index (χ1v) is 10.0. The molecular weight excluding hydrogens is 368 g/mol. The zero-order chi connectivity index (χ0) is 20.2. The number of anilines is 2. The van der Waals surface area contributed by atoms with Crippen LogP contribution in [0.3, 0.4) is 0 Å². The van der Waals surface area contributed by atoms with Crippen LogP contribution in [0.25, 0.3) is 0 Å². The third kappa shape index (κ3) is 4.81. The van der Waals surface area contributed by atoms with Gasteiger partial charge >= 0.3 is 0 Å². The molecule has 4 rings (SSSR count). The average molecular weight is 394 g/mol. The molecule has 2 aromatic rings. The van der Waals surface area contributed by atoms with Crippen molar-refractivity contribution in [3.8, 4) is 0 Å². The van der Waals surface area contributed by atoms with Crippen molar-refractivity contribution in [3.05, 3.63) is 53.7 Å². The summed E-state index contributed by atoms with van der Waals surface area (Å²) in [6.45, 7) is 4.18. The monoisotopic (exact) mass is 394 g/mol. The molecule has 1 aliphatic heterocycles. The molecule has 1 saturated heterocycles. The van der Waals surface area contributed by atoms with Gasteiger partial charge in [0.15, 0.2) is 0 Å². The van der Waals surface area contributed by atoms with E-state index >= 15 is 0 Å². The summed E-state index contributed by atoms with van der Waals surface area (Å²) >= 11 is 0. The van der Waals surface area contributed by atoms with E-state index in [-0.39, 0.29) is 17.7 Å². The number of morpholine rings is 1. The van der Waals surface area contributed by atoms with Crippen molar-refractivity contribution in [2.24, 2.45) is 5.92 Å². The lowest BCUT2D eigenvalue weighted by molar-refractivity contribution is -0.119. The molecule has 1 aliphatic carbocycles. The number of aromatic nitrogens is 1. The Kier molecular flexibility index (Phi) is 5.87. The lowest BCUT2D eigenvalue weighted by atomic mass is 10.1. The number of benzene rings is 1. The van der Waals surface area contributed by atoms with Gasteiger partial charge in [0.25, 0.3) is 5.91 Å². The Morgan fingerprint density at radius 2 is 1.93 bits per heavy atom. The van der Waals surface area contributed by atoms with E-state index in [0.717, 1.165) is 51.3 Å². The first kappa shape index (κ1) is 19.5. The second kappa shape index (κ2) is 8.71. The second-order valence-electron chi connectivity index (χ2n) is 7.58. The van der Waals surface area contributed by atoms with E-state index in [4.69, 9.17) is 4.74 Å². The number of nitrogens with zero attached hydrogens (tertiary/aromatic N) is 3. The highest BCUT2D eigenvalue weighted by molar-refractivity contribution is 6.10. The van der Waals surface area contributed by atoms with Crippen LogP contribution in [0.1, 0.15) is 28.8 Å². The van der Waals surface area contributed by atoms with Crippen molar-refractivity contribution in [2.45, 2.75) is 19.4 Å². The topological polar surface area (TPSA) is 74.8 Å². The summed E-state index contributed by atoms with van der Waals surface area (Å²) in [7, 11) is 1.73. The number of hydrogen-bond acceptors (Lipinski definition) is 5. The maximum Gasteiger partial charge on any atom is 0.258 e. The average Bonchev–Trinajstić information content (AvgIpc) is 3.60. The highest BCUT2D eigenvalue weighted by Gasteiger charge is 2.33. The van der Waals surface area contributed by atoms with Crippen LogP contribution in [0.15, 0.2) is 42.6 Å². The van der Waals surface area contributed by atoms with E-state index in [2.05, 4.69) is 15.2 Å². The summed E-state index contributed by atoms with van der Waals surface area (Å²) in [5, 5.41) is 2.85. The molecular formula is C22H26N4O3. The lowest BCUT2D eigenvalue weighted by Crippen LogP contribution is -2.35. The molecule has 1 aromatic carbocycles. The molecule has 7 heteroatoms. The zero-order valence-electron chi connectivity index (χ0n) is 16.6. The number of carbonyl (C=O) groups excluding carboxylic acids is 2. The van der Waals surface area contributed by atoms with Crippen molar-refractivity contribution in [2.75, 3.05) is 43.6 Å². The first-order chi connectivity index (χ1) is 14.1. The summed E-state index contributed by atoms with van der Waals surface area (Å²) in [5.74, 6) is 0.379. The number of nitrogens with one attached hydrogen (secondary N) is 1. The molecule has 2 amide bonds. The Hall–Kier alpha value is -2.77. The molecule has 0 unspecified atom stereocenters. The van der Waals surface area contributed by atoms with Gasteiger partial charge in [-0.2, -0.15) is 0 Å². The van der Waals surface area contributed by atoms with Crippen LogP contribution in [-0.2, 0) is 16.1 Å². The molecule has 1 aromatic heterocycles. The number of para-hydroxylation sites is 1. The van der Waals surface area contributed by atoms with Gasteiger partial charge in [0.1, 0.15) is 5.82 Å². The van der Waals surface area contributed by atoms with Gasteiger partial charge in [-0.15, -0.1) is 0 Å². The Bertz CT molecular complexity index is 874. The quantitative estimate of drug-likeness (QED) is 0.815. The number of rotatable bonds is 6. The lowest BCUT2D eigenvalue weighted by Gasteiger charge is -2.26. The number of hydrogen-bond donors (Lipinski definition) is 1. The fourth-order valence-corrected chi connectivity index (χ4v) is 3.47. The van der Waals surface area contributed by atoms with E-state index in [1.807, 2.05) is 18.2 Å². The number of pyridine rings is 1. The highest BCUT2D eigenvalue weighted by atomic mass is 16.5. The predicted molar refractivity (Wildman–Crippen MR) is 111 cm³/mol. The minimum Gasteiger partial charge on any atom is -0.379 e. The van der Waals surface area contributed by atoms with Gasteiger partial charge in [0.05, 0.1) is 24.5 Å². The van der Waals surface area contributed by atoms with Gasteiger partial charge in [-0.3, -0.25) is 14.5 Å². The standard InChI is InChI=1S/C22H26N4O3/c1-25(22(28)17-7-8-17)19-5-3-2-4-18(19)21(27)24-20-9-6-16(14-23-20)15-26-10-12-29-13-11-26/h2-6,9,14,17H,7-8,10-13,15H2,1H3,(H,23,24,27). The Morgan fingerprint density at radius 1 is 1.17 bits per heavy atom. The Morgan fingerprint density at radius 3 is 2.62 bits per heavy atom.